The largest absolute Gasteiger partial charge is 0.481 e. The average molecular weight is 442 g/mol. The monoisotopic (exact) mass is 441 g/mol. The average Bonchev–Trinajstić information content (AvgIpc) is 3.36. The minimum atomic E-state index is -0.896. The predicted octanol–water partition coefficient (Wildman–Crippen LogP) is 5.75. The highest BCUT2D eigenvalue weighted by atomic mass is 16.4. The van der Waals surface area contributed by atoms with Crippen molar-refractivity contribution in [2.75, 3.05) is 0 Å². The number of nitrogens with zero attached hydrogens (tertiary/aromatic N) is 2. The molecule has 0 unspecified atom stereocenters. The first-order valence-electron chi connectivity index (χ1n) is 12.4. The van der Waals surface area contributed by atoms with Crippen LogP contribution in [0.25, 0.3) is 11.0 Å². The van der Waals surface area contributed by atoms with Crippen LogP contribution in [0, 0.1) is 11.8 Å². The molecule has 1 heterocycles. The van der Waals surface area contributed by atoms with Gasteiger partial charge in [0.25, 0.3) is 5.91 Å². The van der Waals surface area contributed by atoms with Crippen LogP contribution in [0.3, 0.4) is 0 Å². The Morgan fingerprint density at radius 3 is 2.47 bits per heavy atom. The van der Waals surface area contributed by atoms with E-state index in [-0.39, 0.29) is 18.4 Å². The molecule has 0 radical (unpaired) electrons. The van der Waals surface area contributed by atoms with Crippen LogP contribution in [-0.2, 0) is 11.2 Å². The van der Waals surface area contributed by atoms with E-state index in [1.807, 2.05) is 32.0 Å². The number of carbonyl (C=O) groups excluding carboxylic acids is 1. The topological polar surface area (TPSA) is 84.2 Å². The maximum atomic E-state index is 12.9. The zero-order valence-corrected chi connectivity index (χ0v) is 20.1. The summed E-state index contributed by atoms with van der Waals surface area (Å²) in [7, 11) is 0. The molecule has 6 nitrogen and oxygen atoms in total. The molecule has 1 amide bonds. The summed E-state index contributed by atoms with van der Waals surface area (Å²) < 4.78 is 2.40. The van der Waals surface area contributed by atoms with Crippen molar-refractivity contribution >= 4 is 22.9 Å². The van der Waals surface area contributed by atoms with Crippen LogP contribution in [-0.4, -0.2) is 32.6 Å². The Morgan fingerprint density at radius 1 is 1.19 bits per heavy atom. The molecule has 3 rings (SSSR count). The first kappa shape index (κ1) is 24.3. The zero-order valence-electron chi connectivity index (χ0n) is 20.1. The molecule has 1 saturated carbocycles. The van der Waals surface area contributed by atoms with Gasteiger partial charge in [0.05, 0.1) is 17.5 Å². The van der Waals surface area contributed by atoms with E-state index in [4.69, 9.17) is 4.98 Å². The number of fused-ring (bicyclic) bond motifs is 1. The highest BCUT2D eigenvalue weighted by Gasteiger charge is 2.24. The lowest BCUT2D eigenvalue weighted by atomic mass is 10.0. The number of aliphatic carboxylic acids is 1. The number of carbonyl (C=O) groups is 2. The number of rotatable bonds is 11. The van der Waals surface area contributed by atoms with Crippen LogP contribution in [0.4, 0.5) is 0 Å². The molecular weight excluding hydrogens is 402 g/mol. The van der Waals surface area contributed by atoms with Gasteiger partial charge in [-0.05, 0) is 49.3 Å². The Hall–Kier alpha value is -2.37. The molecule has 1 fully saturated rings. The van der Waals surface area contributed by atoms with E-state index in [1.54, 1.807) is 0 Å². The second kappa shape index (κ2) is 11.0. The number of benzene rings is 1. The first-order chi connectivity index (χ1) is 15.3. The fourth-order valence-corrected chi connectivity index (χ4v) is 5.21. The van der Waals surface area contributed by atoms with Gasteiger partial charge >= 0.3 is 5.97 Å². The van der Waals surface area contributed by atoms with Gasteiger partial charge in [-0.2, -0.15) is 0 Å². The third-order valence-corrected chi connectivity index (χ3v) is 6.79. The summed E-state index contributed by atoms with van der Waals surface area (Å²) in [5.41, 5.74) is 2.49. The third kappa shape index (κ3) is 5.90. The molecule has 1 aromatic carbocycles. The van der Waals surface area contributed by atoms with Gasteiger partial charge in [-0.25, -0.2) is 4.98 Å². The maximum absolute atomic E-state index is 12.9. The quantitative estimate of drug-likeness (QED) is 0.465. The molecule has 1 aromatic heterocycles. The fourth-order valence-electron chi connectivity index (χ4n) is 5.21. The van der Waals surface area contributed by atoms with Crippen molar-refractivity contribution in [2.24, 2.45) is 11.8 Å². The summed E-state index contributed by atoms with van der Waals surface area (Å²) in [5.74, 6) is 1.02. The van der Waals surface area contributed by atoms with Crippen LogP contribution >= 0.6 is 0 Å². The zero-order chi connectivity index (χ0) is 23.3. The van der Waals surface area contributed by atoms with Crippen molar-refractivity contribution in [3.05, 3.63) is 29.6 Å². The van der Waals surface area contributed by atoms with Gasteiger partial charge in [-0.15, -0.1) is 0 Å². The third-order valence-electron chi connectivity index (χ3n) is 6.79. The summed E-state index contributed by atoms with van der Waals surface area (Å²) in [6.07, 6.45) is 8.85. The number of carboxylic acids is 1. The van der Waals surface area contributed by atoms with E-state index in [9.17, 15) is 14.7 Å². The summed E-state index contributed by atoms with van der Waals surface area (Å²) in [6, 6.07) is 5.76. The number of hydrogen-bond acceptors (Lipinski definition) is 3. The Bertz CT molecular complexity index is 924. The van der Waals surface area contributed by atoms with Gasteiger partial charge in [0, 0.05) is 24.1 Å². The fraction of sp³-hybridized carbons (Fsp3) is 0.654. The standard InChI is InChI=1S/C26H39N3O3/c1-5-21(6-2)29-23-12-11-19(26(32)27-20(13-17(3)4)16-25(30)31)15-22(23)28-24(29)14-18-9-7-8-10-18/h11-12,15,17-18,20-21H,5-10,13-14,16H2,1-4H3,(H,27,32)(H,30,31)/t20-/m0/s1. The minimum absolute atomic E-state index is 0.0684. The van der Waals surface area contributed by atoms with Crippen LogP contribution in [0.15, 0.2) is 18.2 Å². The first-order valence-corrected chi connectivity index (χ1v) is 12.4. The number of aromatic nitrogens is 2. The summed E-state index contributed by atoms with van der Waals surface area (Å²) in [6.45, 7) is 8.50. The van der Waals surface area contributed by atoms with Crippen molar-refractivity contribution in [3.8, 4) is 0 Å². The van der Waals surface area contributed by atoms with Crippen molar-refractivity contribution in [3.63, 3.8) is 0 Å². The molecule has 0 bridgehead atoms. The van der Waals surface area contributed by atoms with Gasteiger partial charge in [-0.1, -0.05) is 53.4 Å². The Kier molecular flexibility index (Phi) is 8.32. The van der Waals surface area contributed by atoms with Crippen LogP contribution in [0.2, 0.25) is 0 Å². The lowest BCUT2D eigenvalue weighted by Crippen LogP contribution is -2.37. The Labute approximate surface area is 191 Å². The van der Waals surface area contributed by atoms with Crippen LogP contribution in [0.1, 0.15) is 101 Å². The van der Waals surface area contributed by atoms with Crippen LogP contribution in [0.5, 0.6) is 0 Å². The maximum Gasteiger partial charge on any atom is 0.305 e. The van der Waals surface area contributed by atoms with E-state index in [0.717, 1.165) is 36.1 Å². The number of imidazole rings is 1. The molecule has 32 heavy (non-hydrogen) atoms. The van der Waals surface area contributed by atoms with Crippen LogP contribution < -0.4 is 5.32 Å². The molecule has 0 aliphatic heterocycles. The van der Waals surface area contributed by atoms with Crippen molar-refractivity contribution < 1.29 is 14.7 Å². The normalized spacial score (nSPS) is 15.7. The van der Waals surface area contributed by atoms with Gasteiger partial charge in [-0.3, -0.25) is 9.59 Å². The number of hydrogen-bond donors (Lipinski definition) is 2. The minimum Gasteiger partial charge on any atom is -0.481 e. The lowest BCUT2D eigenvalue weighted by molar-refractivity contribution is -0.137. The molecule has 0 saturated heterocycles. The van der Waals surface area contributed by atoms with Gasteiger partial charge in [0.1, 0.15) is 5.82 Å². The lowest BCUT2D eigenvalue weighted by Gasteiger charge is -2.20. The van der Waals surface area contributed by atoms with Crippen molar-refractivity contribution in [1.29, 1.82) is 0 Å². The smallest absolute Gasteiger partial charge is 0.305 e. The SMILES string of the molecule is CCC(CC)n1c(CC2CCCC2)nc2cc(C(=O)N[C@H](CC(=O)O)CC(C)C)ccc21. The second-order valence-electron chi connectivity index (χ2n) is 9.82. The van der Waals surface area contributed by atoms with E-state index in [2.05, 4.69) is 23.7 Å². The van der Waals surface area contributed by atoms with Gasteiger partial charge in [0.15, 0.2) is 0 Å². The molecule has 1 atom stereocenters. The Balaban J connectivity index is 1.89. The van der Waals surface area contributed by atoms with E-state index < -0.39 is 5.97 Å². The summed E-state index contributed by atoms with van der Waals surface area (Å²) in [5, 5.41) is 12.1. The highest BCUT2D eigenvalue weighted by Crippen LogP contribution is 2.32. The summed E-state index contributed by atoms with van der Waals surface area (Å²) >= 11 is 0. The van der Waals surface area contributed by atoms with E-state index in [0.29, 0.717) is 29.9 Å². The van der Waals surface area contributed by atoms with E-state index >= 15 is 0 Å². The van der Waals surface area contributed by atoms with Crippen molar-refractivity contribution in [2.45, 2.75) is 97.6 Å². The number of nitrogens with one attached hydrogen (secondary N) is 1. The Morgan fingerprint density at radius 2 is 1.88 bits per heavy atom. The molecule has 176 valence electrons. The predicted molar refractivity (Wildman–Crippen MR) is 128 cm³/mol. The van der Waals surface area contributed by atoms with Gasteiger partial charge < -0.3 is 15.0 Å². The molecule has 1 aliphatic rings. The summed E-state index contributed by atoms with van der Waals surface area (Å²) in [4.78, 5) is 29.2. The molecule has 0 spiro atoms. The molecule has 6 heteroatoms. The van der Waals surface area contributed by atoms with Crippen molar-refractivity contribution in [1.82, 2.24) is 14.9 Å². The molecule has 2 aromatic rings. The molecular formula is C26H39N3O3. The number of amides is 1. The highest BCUT2D eigenvalue weighted by molar-refractivity contribution is 5.97. The van der Waals surface area contributed by atoms with Gasteiger partial charge in [0.2, 0.25) is 0 Å². The van der Waals surface area contributed by atoms with E-state index in [1.165, 1.54) is 25.7 Å². The second-order valence-corrected chi connectivity index (χ2v) is 9.82. The molecule has 2 N–H and O–H groups in total. The number of carboxylic acid groups (broad SMARTS) is 1. The molecule has 1 aliphatic carbocycles.